The molecule has 2 aliphatic heterocycles. The highest BCUT2D eigenvalue weighted by Crippen LogP contribution is 2.27. The second kappa shape index (κ2) is 9.70. The average Bonchev–Trinajstić information content (AvgIpc) is 2.73. The largest absolute Gasteiger partial charge is 0.373 e. The van der Waals surface area contributed by atoms with Crippen LogP contribution in [0.3, 0.4) is 0 Å². The van der Waals surface area contributed by atoms with Gasteiger partial charge in [-0.1, -0.05) is 44.2 Å². The molecular weight excluding hydrogens is 390 g/mol. The minimum absolute atomic E-state index is 0.127. The minimum Gasteiger partial charge on any atom is -0.373 e. The average molecular weight is 430 g/mol. The Morgan fingerprint density at radius 3 is 1.97 bits per heavy atom. The molecule has 0 aromatic heterocycles. The van der Waals surface area contributed by atoms with Gasteiger partial charge < -0.3 is 14.5 Å². The molecule has 0 N–H and O–H groups in total. The first-order valence-corrected chi connectivity index (χ1v) is 11.6. The molecule has 0 radical (unpaired) electrons. The zero-order valence-corrected chi connectivity index (χ0v) is 20.0. The van der Waals surface area contributed by atoms with Gasteiger partial charge in [0.15, 0.2) is 0 Å². The summed E-state index contributed by atoms with van der Waals surface area (Å²) in [5.74, 6) is 0.537. The van der Waals surface area contributed by atoms with Crippen molar-refractivity contribution in [1.82, 2.24) is 14.7 Å². The van der Waals surface area contributed by atoms with Crippen molar-refractivity contribution in [3.63, 3.8) is 0 Å². The Morgan fingerprint density at radius 2 is 1.45 bits per heavy atom. The molecule has 1 aromatic rings. The maximum atomic E-state index is 13.5. The predicted molar refractivity (Wildman–Crippen MR) is 123 cm³/mol. The van der Waals surface area contributed by atoms with E-state index >= 15 is 0 Å². The number of piperazine rings is 1. The summed E-state index contributed by atoms with van der Waals surface area (Å²) in [5, 5.41) is 0. The second-order valence-corrected chi connectivity index (χ2v) is 10.0. The summed E-state index contributed by atoms with van der Waals surface area (Å²) in [7, 11) is 0. The predicted octanol–water partition coefficient (Wildman–Crippen LogP) is 2.77. The van der Waals surface area contributed by atoms with Crippen LogP contribution in [0.4, 0.5) is 0 Å². The lowest BCUT2D eigenvalue weighted by atomic mass is 9.83. The van der Waals surface area contributed by atoms with E-state index in [0.29, 0.717) is 26.2 Å². The van der Waals surface area contributed by atoms with Gasteiger partial charge in [0.1, 0.15) is 0 Å². The SMILES string of the molecule is CC1CN(C(C(=O)N2CCN(C(=O)C(C)(C)c3ccccc3)CC2)C(C)C)CC(C)O1. The quantitative estimate of drug-likeness (QED) is 0.722. The first kappa shape index (κ1) is 23.7. The summed E-state index contributed by atoms with van der Waals surface area (Å²) in [6.07, 6.45) is 0.264. The highest BCUT2D eigenvalue weighted by molar-refractivity contribution is 5.88. The van der Waals surface area contributed by atoms with E-state index in [2.05, 4.69) is 32.6 Å². The molecule has 0 saturated carbocycles. The molecule has 2 heterocycles. The zero-order valence-electron chi connectivity index (χ0n) is 20.0. The summed E-state index contributed by atoms with van der Waals surface area (Å²) in [5.41, 5.74) is 0.447. The summed E-state index contributed by atoms with van der Waals surface area (Å²) >= 11 is 0. The first-order chi connectivity index (χ1) is 14.6. The van der Waals surface area contributed by atoms with Gasteiger partial charge in [-0.05, 0) is 39.2 Å². The molecule has 2 saturated heterocycles. The number of hydrogen-bond acceptors (Lipinski definition) is 4. The zero-order chi connectivity index (χ0) is 22.8. The minimum atomic E-state index is -0.575. The van der Waals surface area contributed by atoms with Gasteiger partial charge in [0.25, 0.3) is 0 Å². The molecular formula is C25H39N3O3. The fraction of sp³-hybridized carbons (Fsp3) is 0.680. The van der Waals surface area contributed by atoms with Crippen LogP contribution in [0.5, 0.6) is 0 Å². The van der Waals surface area contributed by atoms with Crippen molar-refractivity contribution in [2.45, 2.75) is 65.2 Å². The fourth-order valence-corrected chi connectivity index (χ4v) is 5.00. The molecule has 2 amide bonds. The lowest BCUT2D eigenvalue weighted by Gasteiger charge is -2.44. The molecule has 6 nitrogen and oxygen atoms in total. The first-order valence-electron chi connectivity index (χ1n) is 11.6. The Hall–Kier alpha value is -1.92. The van der Waals surface area contributed by atoms with E-state index in [1.165, 1.54) is 0 Å². The van der Waals surface area contributed by atoms with Crippen molar-refractivity contribution in [3.8, 4) is 0 Å². The van der Waals surface area contributed by atoms with Crippen LogP contribution < -0.4 is 0 Å². The van der Waals surface area contributed by atoms with E-state index in [9.17, 15) is 9.59 Å². The van der Waals surface area contributed by atoms with Gasteiger partial charge in [-0.15, -0.1) is 0 Å². The summed E-state index contributed by atoms with van der Waals surface area (Å²) in [6.45, 7) is 16.3. The van der Waals surface area contributed by atoms with Gasteiger partial charge in [-0.3, -0.25) is 14.5 Å². The number of ether oxygens (including phenoxy) is 1. The summed E-state index contributed by atoms with van der Waals surface area (Å²) in [4.78, 5) is 32.9. The number of nitrogens with zero attached hydrogens (tertiary/aromatic N) is 3. The van der Waals surface area contributed by atoms with Crippen molar-refractivity contribution in [2.75, 3.05) is 39.3 Å². The fourth-order valence-electron chi connectivity index (χ4n) is 5.00. The molecule has 1 aromatic carbocycles. The van der Waals surface area contributed by atoms with Crippen molar-refractivity contribution < 1.29 is 14.3 Å². The van der Waals surface area contributed by atoms with Gasteiger partial charge in [0.05, 0.1) is 23.7 Å². The topological polar surface area (TPSA) is 53.1 Å². The van der Waals surface area contributed by atoms with Crippen molar-refractivity contribution in [1.29, 1.82) is 0 Å². The normalized spacial score (nSPS) is 24.4. The molecule has 172 valence electrons. The number of carbonyl (C=O) groups is 2. The lowest BCUT2D eigenvalue weighted by molar-refractivity contribution is -0.150. The van der Waals surface area contributed by atoms with E-state index in [1.807, 2.05) is 54.0 Å². The number of benzene rings is 1. The van der Waals surface area contributed by atoms with Crippen LogP contribution in [-0.2, 0) is 19.7 Å². The van der Waals surface area contributed by atoms with Crippen LogP contribution in [0.2, 0.25) is 0 Å². The van der Waals surface area contributed by atoms with Gasteiger partial charge in [-0.2, -0.15) is 0 Å². The number of rotatable bonds is 5. The molecule has 3 rings (SSSR count). The Kier molecular flexibility index (Phi) is 7.43. The molecule has 2 aliphatic rings. The Balaban J connectivity index is 1.64. The van der Waals surface area contributed by atoms with E-state index in [4.69, 9.17) is 4.74 Å². The third-order valence-electron chi connectivity index (χ3n) is 6.63. The van der Waals surface area contributed by atoms with Gasteiger partial charge in [0.2, 0.25) is 11.8 Å². The third-order valence-corrected chi connectivity index (χ3v) is 6.63. The highest BCUT2D eigenvalue weighted by atomic mass is 16.5. The van der Waals surface area contributed by atoms with Crippen molar-refractivity contribution >= 4 is 11.8 Å². The van der Waals surface area contributed by atoms with Crippen molar-refractivity contribution in [3.05, 3.63) is 35.9 Å². The number of hydrogen-bond donors (Lipinski definition) is 0. The molecule has 6 heteroatoms. The second-order valence-electron chi connectivity index (χ2n) is 10.0. The van der Waals surface area contributed by atoms with Gasteiger partial charge >= 0.3 is 0 Å². The van der Waals surface area contributed by atoms with E-state index in [-0.39, 0.29) is 36.0 Å². The Labute approximate surface area is 187 Å². The van der Waals surface area contributed by atoms with E-state index < -0.39 is 5.41 Å². The molecule has 0 aliphatic carbocycles. The monoisotopic (exact) mass is 429 g/mol. The van der Waals surface area contributed by atoms with E-state index in [1.54, 1.807) is 0 Å². The van der Waals surface area contributed by atoms with Gasteiger partial charge in [0, 0.05) is 39.3 Å². The molecule has 0 spiro atoms. The standard InChI is InChI=1S/C25H39N3O3/c1-18(2)22(28-16-19(3)31-20(4)17-28)23(29)26-12-14-27(15-13-26)24(30)25(5,6)21-10-8-7-9-11-21/h7-11,18-20,22H,12-17H2,1-6H3. The third kappa shape index (κ3) is 5.29. The van der Waals surface area contributed by atoms with Crippen LogP contribution in [0.15, 0.2) is 30.3 Å². The highest BCUT2D eigenvalue weighted by Gasteiger charge is 2.39. The lowest BCUT2D eigenvalue weighted by Crippen LogP contribution is -2.61. The maximum absolute atomic E-state index is 13.5. The Bertz CT molecular complexity index is 747. The van der Waals surface area contributed by atoms with Crippen LogP contribution >= 0.6 is 0 Å². The van der Waals surface area contributed by atoms with Gasteiger partial charge in [-0.25, -0.2) is 0 Å². The molecule has 3 atom stereocenters. The smallest absolute Gasteiger partial charge is 0.240 e. The molecule has 31 heavy (non-hydrogen) atoms. The number of carbonyl (C=O) groups excluding carboxylic acids is 2. The van der Waals surface area contributed by atoms with Crippen LogP contribution in [0.1, 0.15) is 47.1 Å². The molecule has 0 bridgehead atoms. The number of amides is 2. The Morgan fingerprint density at radius 1 is 0.935 bits per heavy atom. The number of morpholine rings is 1. The van der Waals surface area contributed by atoms with E-state index in [0.717, 1.165) is 18.7 Å². The summed E-state index contributed by atoms with van der Waals surface area (Å²) in [6, 6.07) is 9.79. The maximum Gasteiger partial charge on any atom is 0.240 e. The molecule has 3 unspecified atom stereocenters. The molecule has 2 fully saturated rings. The van der Waals surface area contributed by atoms with Crippen LogP contribution in [-0.4, -0.2) is 84.0 Å². The van der Waals surface area contributed by atoms with Crippen LogP contribution in [0, 0.1) is 5.92 Å². The van der Waals surface area contributed by atoms with Crippen LogP contribution in [0.25, 0.3) is 0 Å². The van der Waals surface area contributed by atoms with Crippen molar-refractivity contribution in [2.24, 2.45) is 5.92 Å². The summed E-state index contributed by atoms with van der Waals surface area (Å²) < 4.78 is 5.87.